The minimum Gasteiger partial charge on any atom is -0.465 e. The number of hydrogen-bond acceptors (Lipinski definition) is 3. The third-order valence-electron chi connectivity index (χ3n) is 3.66. The zero-order valence-electron chi connectivity index (χ0n) is 12.9. The normalized spacial score (nSPS) is 10.4. The number of carbonyl (C=O) groups is 1. The van der Waals surface area contributed by atoms with Crippen molar-refractivity contribution in [2.45, 2.75) is 0 Å². The molecule has 0 radical (unpaired) electrons. The van der Waals surface area contributed by atoms with Gasteiger partial charge in [0.05, 0.1) is 7.11 Å². The summed E-state index contributed by atoms with van der Waals surface area (Å²) in [6.07, 6.45) is 0. The van der Waals surface area contributed by atoms with Crippen molar-refractivity contribution >= 4 is 21.9 Å². The van der Waals surface area contributed by atoms with Crippen molar-refractivity contribution in [2.75, 3.05) is 7.11 Å². The zero-order chi connectivity index (χ0) is 17.1. The second-order valence-corrected chi connectivity index (χ2v) is 6.08. The van der Waals surface area contributed by atoms with Gasteiger partial charge in [-0.2, -0.15) is 0 Å². The standard InChI is InChI=1S/C19H14BrNO3/c1-24-19(23)17-15(12-7-9-14(20)10-8-12)11-16(21-18(17)22)13-5-3-2-4-6-13/h2-11H,1H3,(H,21,22). The van der Waals surface area contributed by atoms with E-state index in [-0.39, 0.29) is 5.56 Å². The summed E-state index contributed by atoms with van der Waals surface area (Å²) in [5.74, 6) is -0.659. The second kappa shape index (κ2) is 6.84. The van der Waals surface area contributed by atoms with Gasteiger partial charge in [-0.25, -0.2) is 4.79 Å². The molecule has 120 valence electrons. The van der Waals surface area contributed by atoms with Gasteiger partial charge in [0, 0.05) is 15.7 Å². The van der Waals surface area contributed by atoms with Gasteiger partial charge < -0.3 is 9.72 Å². The molecule has 0 atom stereocenters. The highest BCUT2D eigenvalue weighted by Gasteiger charge is 2.19. The SMILES string of the molecule is COC(=O)c1c(-c2ccc(Br)cc2)cc(-c2ccccc2)[nH]c1=O. The first kappa shape index (κ1) is 16.2. The number of nitrogens with one attached hydrogen (secondary N) is 1. The summed E-state index contributed by atoms with van der Waals surface area (Å²) in [4.78, 5) is 27.4. The molecule has 3 rings (SSSR count). The third-order valence-corrected chi connectivity index (χ3v) is 4.19. The highest BCUT2D eigenvalue weighted by molar-refractivity contribution is 9.10. The van der Waals surface area contributed by atoms with E-state index in [2.05, 4.69) is 20.9 Å². The van der Waals surface area contributed by atoms with Crippen LogP contribution in [0.1, 0.15) is 10.4 Å². The molecule has 5 heteroatoms. The van der Waals surface area contributed by atoms with Crippen molar-refractivity contribution in [1.82, 2.24) is 4.98 Å². The fourth-order valence-electron chi connectivity index (χ4n) is 2.49. The molecule has 2 aromatic carbocycles. The molecule has 0 saturated heterocycles. The van der Waals surface area contributed by atoms with Crippen molar-refractivity contribution in [3.05, 3.63) is 81.1 Å². The van der Waals surface area contributed by atoms with E-state index in [0.717, 1.165) is 15.6 Å². The van der Waals surface area contributed by atoms with Crippen LogP contribution in [0.2, 0.25) is 0 Å². The van der Waals surface area contributed by atoms with Gasteiger partial charge in [0.25, 0.3) is 5.56 Å². The van der Waals surface area contributed by atoms with Gasteiger partial charge in [-0.1, -0.05) is 58.4 Å². The Morgan fingerprint density at radius 2 is 1.67 bits per heavy atom. The fraction of sp³-hybridized carbons (Fsp3) is 0.0526. The van der Waals surface area contributed by atoms with E-state index in [9.17, 15) is 9.59 Å². The number of rotatable bonds is 3. The molecule has 0 aliphatic carbocycles. The van der Waals surface area contributed by atoms with E-state index in [4.69, 9.17) is 4.74 Å². The van der Waals surface area contributed by atoms with Crippen LogP contribution >= 0.6 is 15.9 Å². The van der Waals surface area contributed by atoms with Crippen LogP contribution in [0.25, 0.3) is 22.4 Å². The van der Waals surface area contributed by atoms with E-state index >= 15 is 0 Å². The lowest BCUT2D eigenvalue weighted by molar-refractivity contribution is 0.0599. The Morgan fingerprint density at radius 1 is 1.00 bits per heavy atom. The summed E-state index contributed by atoms with van der Waals surface area (Å²) in [5, 5.41) is 0. The number of ether oxygens (including phenoxy) is 1. The lowest BCUT2D eigenvalue weighted by Gasteiger charge is -2.11. The summed E-state index contributed by atoms with van der Waals surface area (Å²) >= 11 is 3.39. The first-order valence-electron chi connectivity index (χ1n) is 7.27. The molecule has 0 aliphatic heterocycles. The van der Waals surface area contributed by atoms with E-state index in [1.54, 1.807) is 6.07 Å². The van der Waals surface area contributed by atoms with Gasteiger partial charge in [0.15, 0.2) is 0 Å². The zero-order valence-corrected chi connectivity index (χ0v) is 14.5. The largest absolute Gasteiger partial charge is 0.465 e. The Morgan fingerprint density at radius 3 is 2.29 bits per heavy atom. The summed E-state index contributed by atoms with van der Waals surface area (Å²) in [6, 6.07) is 18.7. The maximum absolute atomic E-state index is 12.5. The summed E-state index contributed by atoms with van der Waals surface area (Å²) in [7, 11) is 1.26. The molecule has 0 bridgehead atoms. The Kier molecular flexibility index (Phi) is 4.62. The lowest BCUT2D eigenvalue weighted by Crippen LogP contribution is -2.21. The molecule has 0 unspecified atom stereocenters. The number of halogens is 1. The summed E-state index contributed by atoms with van der Waals surface area (Å²) < 4.78 is 5.70. The maximum atomic E-state index is 12.5. The van der Waals surface area contributed by atoms with E-state index < -0.39 is 11.5 Å². The number of pyridine rings is 1. The lowest BCUT2D eigenvalue weighted by atomic mass is 9.98. The van der Waals surface area contributed by atoms with Crippen LogP contribution in [-0.2, 0) is 4.74 Å². The predicted molar refractivity (Wildman–Crippen MR) is 97.0 cm³/mol. The molecule has 1 heterocycles. The molecule has 1 N–H and O–H groups in total. The van der Waals surface area contributed by atoms with Crippen LogP contribution in [0.3, 0.4) is 0 Å². The molecule has 0 spiro atoms. The summed E-state index contributed by atoms with van der Waals surface area (Å²) in [6.45, 7) is 0. The highest BCUT2D eigenvalue weighted by Crippen LogP contribution is 2.27. The highest BCUT2D eigenvalue weighted by atomic mass is 79.9. The molecule has 1 aromatic heterocycles. The predicted octanol–water partition coefficient (Wildman–Crippen LogP) is 4.26. The molecule has 0 aliphatic rings. The second-order valence-electron chi connectivity index (χ2n) is 5.17. The van der Waals surface area contributed by atoms with Crippen LogP contribution < -0.4 is 5.56 Å². The van der Waals surface area contributed by atoms with E-state index in [1.165, 1.54) is 7.11 Å². The molecule has 4 nitrogen and oxygen atoms in total. The Labute approximate surface area is 147 Å². The number of methoxy groups -OCH3 is 1. The molecular weight excluding hydrogens is 370 g/mol. The van der Waals surface area contributed by atoms with Crippen LogP contribution in [0.4, 0.5) is 0 Å². The van der Waals surface area contributed by atoms with Gasteiger partial charge in [0.2, 0.25) is 0 Å². The number of benzene rings is 2. The van der Waals surface area contributed by atoms with Gasteiger partial charge in [-0.15, -0.1) is 0 Å². The smallest absolute Gasteiger partial charge is 0.344 e. The monoisotopic (exact) mass is 383 g/mol. The van der Waals surface area contributed by atoms with E-state index in [1.807, 2.05) is 54.6 Å². The van der Waals surface area contributed by atoms with Gasteiger partial charge >= 0.3 is 5.97 Å². The average Bonchev–Trinajstić information content (AvgIpc) is 2.62. The Balaban J connectivity index is 2.27. The molecule has 24 heavy (non-hydrogen) atoms. The van der Waals surface area contributed by atoms with Crippen molar-refractivity contribution in [3.63, 3.8) is 0 Å². The number of hydrogen-bond donors (Lipinski definition) is 1. The van der Waals surface area contributed by atoms with Crippen molar-refractivity contribution in [1.29, 1.82) is 0 Å². The summed E-state index contributed by atoms with van der Waals surface area (Å²) in [5.41, 5.74) is 2.34. The van der Waals surface area contributed by atoms with Crippen LogP contribution in [0, 0.1) is 0 Å². The maximum Gasteiger partial charge on any atom is 0.344 e. The average molecular weight is 384 g/mol. The topological polar surface area (TPSA) is 59.2 Å². The quantitative estimate of drug-likeness (QED) is 0.687. The first-order chi connectivity index (χ1) is 11.6. The number of esters is 1. The van der Waals surface area contributed by atoms with E-state index in [0.29, 0.717) is 11.3 Å². The fourth-order valence-corrected chi connectivity index (χ4v) is 2.76. The minimum atomic E-state index is -0.659. The van der Waals surface area contributed by atoms with Crippen LogP contribution in [0.5, 0.6) is 0 Å². The molecule has 0 saturated carbocycles. The van der Waals surface area contributed by atoms with Crippen LogP contribution in [0.15, 0.2) is 69.9 Å². The van der Waals surface area contributed by atoms with Crippen LogP contribution in [-0.4, -0.2) is 18.1 Å². The molecule has 3 aromatic rings. The van der Waals surface area contributed by atoms with Gasteiger partial charge in [0.1, 0.15) is 5.56 Å². The number of carbonyl (C=O) groups excluding carboxylic acids is 1. The first-order valence-corrected chi connectivity index (χ1v) is 8.06. The number of H-pyrrole nitrogens is 1. The van der Waals surface area contributed by atoms with Gasteiger partial charge in [-0.3, -0.25) is 4.79 Å². The molecule has 0 amide bonds. The van der Waals surface area contributed by atoms with Crippen molar-refractivity contribution < 1.29 is 9.53 Å². The number of aromatic nitrogens is 1. The molecule has 0 fully saturated rings. The van der Waals surface area contributed by atoms with Crippen molar-refractivity contribution in [3.8, 4) is 22.4 Å². The minimum absolute atomic E-state index is 0.000460. The third kappa shape index (κ3) is 3.16. The Hall–Kier alpha value is -2.66. The van der Waals surface area contributed by atoms with Crippen molar-refractivity contribution in [2.24, 2.45) is 0 Å². The number of aromatic amines is 1. The Bertz CT molecular complexity index is 931. The molecular formula is C19H14BrNO3. The van der Waals surface area contributed by atoms with Gasteiger partial charge in [-0.05, 0) is 29.3 Å².